The number of rotatable bonds is 21. The van der Waals surface area contributed by atoms with E-state index in [-0.39, 0.29) is 39.3 Å². The predicted octanol–water partition coefficient (Wildman–Crippen LogP) is -3.81. The Morgan fingerprint density at radius 3 is 1.87 bits per heavy atom. The second kappa shape index (κ2) is 23.4. The number of benzene rings is 1. The minimum Gasteiger partial charge on any atom is -0.445 e. The average molecular weight is 775 g/mol. The molecule has 2 saturated heterocycles. The van der Waals surface area contributed by atoms with Crippen molar-refractivity contribution < 1.29 is 78.6 Å². The lowest BCUT2D eigenvalue weighted by Gasteiger charge is -2.39. The van der Waals surface area contributed by atoms with E-state index in [1.165, 1.54) is 6.92 Å². The molecule has 3 rings (SSSR count). The Morgan fingerprint density at radius 2 is 1.28 bits per heavy atom. The first-order valence-electron chi connectivity index (χ1n) is 17.8. The standard InChI is InChI=1S/C34H54N4O16/c1-20-26(43)28(45)30(47)32(53-20)50-14-12-35-23(40)16-38(17-24(41)36-13-15-51-33-31(48)29(46)27(44)22(18-39)54-33)25(42)10-6-3-7-11-37-34(49)52-19-21-8-4-2-5-9-21/h2,4-5,8-9,20,22,26-33,39,43-48H,3,6-7,10-19H2,1H3,(H,35,40)(H,36,41)(H,37,49)/t20-,22+,26+,27+,28+,29-,30-,31-,32+,33-/m0/s1. The van der Waals surface area contributed by atoms with E-state index in [9.17, 15) is 54.9 Å². The molecule has 2 fully saturated rings. The molecule has 306 valence electrons. The maximum atomic E-state index is 13.2. The second-order valence-electron chi connectivity index (χ2n) is 12.9. The number of unbranched alkanes of at least 4 members (excludes halogenated alkanes) is 2. The Kier molecular flexibility index (Phi) is 19.4. The predicted molar refractivity (Wildman–Crippen MR) is 184 cm³/mol. The van der Waals surface area contributed by atoms with Gasteiger partial charge < -0.3 is 80.3 Å². The number of carbonyl (C=O) groups is 4. The number of aliphatic hydroxyl groups excluding tert-OH is 7. The summed E-state index contributed by atoms with van der Waals surface area (Å²) in [6.07, 6.45) is -12.9. The van der Waals surface area contributed by atoms with E-state index in [4.69, 9.17) is 23.7 Å². The molecule has 2 aliphatic heterocycles. The number of nitrogens with zero attached hydrogens (tertiary/aromatic N) is 1. The van der Waals surface area contributed by atoms with Crippen molar-refractivity contribution in [2.45, 2.75) is 101 Å². The van der Waals surface area contributed by atoms with Crippen LogP contribution in [0.4, 0.5) is 4.79 Å². The van der Waals surface area contributed by atoms with E-state index in [2.05, 4.69) is 16.0 Å². The van der Waals surface area contributed by atoms with Crippen LogP contribution in [0, 0.1) is 0 Å². The summed E-state index contributed by atoms with van der Waals surface area (Å²) in [6, 6.07) is 9.19. The SMILES string of the molecule is C[C@@H]1O[C@@H](OCCNC(=O)CN(CC(=O)NCCO[C@H]2O[C@H](CO)[C@@H](O)[C@H](O)[C@@H]2O)C(=O)CCCCCNC(=O)OCc2ccccc2)[C@@H](O)[C@H](O)[C@@H]1O. The van der Waals surface area contributed by atoms with Gasteiger partial charge in [-0.15, -0.1) is 0 Å². The molecule has 10 N–H and O–H groups in total. The molecule has 0 aromatic heterocycles. The highest BCUT2D eigenvalue weighted by Gasteiger charge is 2.44. The topological polar surface area (TPSA) is 295 Å². The zero-order valence-corrected chi connectivity index (χ0v) is 30.1. The number of nitrogens with one attached hydrogen (secondary N) is 3. The van der Waals surface area contributed by atoms with Gasteiger partial charge in [0.2, 0.25) is 17.7 Å². The van der Waals surface area contributed by atoms with Crippen LogP contribution in [0.5, 0.6) is 0 Å². The third kappa shape index (κ3) is 14.6. The summed E-state index contributed by atoms with van der Waals surface area (Å²) >= 11 is 0. The molecule has 0 radical (unpaired) electrons. The molecule has 20 nitrogen and oxygen atoms in total. The Hall–Kier alpha value is -3.54. The van der Waals surface area contributed by atoms with Crippen molar-refractivity contribution in [1.29, 1.82) is 0 Å². The molecule has 2 heterocycles. The first kappa shape index (κ1) is 44.9. The molecule has 20 heteroatoms. The van der Waals surface area contributed by atoms with Crippen molar-refractivity contribution in [3.63, 3.8) is 0 Å². The quantitative estimate of drug-likeness (QED) is 0.0536. The van der Waals surface area contributed by atoms with Crippen LogP contribution < -0.4 is 16.0 Å². The van der Waals surface area contributed by atoms with Crippen LogP contribution in [0.3, 0.4) is 0 Å². The van der Waals surface area contributed by atoms with Gasteiger partial charge in [-0.2, -0.15) is 0 Å². The maximum Gasteiger partial charge on any atom is 0.407 e. The van der Waals surface area contributed by atoms with Crippen molar-refractivity contribution in [2.24, 2.45) is 0 Å². The molecule has 0 unspecified atom stereocenters. The van der Waals surface area contributed by atoms with Crippen LogP contribution in [-0.4, -0.2) is 178 Å². The van der Waals surface area contributed by atoms with Crippen molar-refractivity contribution in [1.82, 2.24) is 20.9 Å². The van der Waals surface area contributed by atoms with Crippen molar-refractivity contribution >= 4 is 23.8 Å². The molecule has 1 aromatic carbocycles. The van der Waals surface area contributed by atoms with Gasteiger partial charge in [0.1, 0.15) is 62.4 Å². The highest BCUT2D eigenvalue weighted by Crippen LogP contribution is 2.22. The summed E-state index contributed by atoms with van der Waals surface area (Å²) in [5.41, 5.74) is 0.846. The van der Waals surface area contributed by atoms with Crippen LogP contribution in [0.1, 0.15) is 38.2 Å². The molecule has 0 aliphatic carbocycles. The van der Waals surface area contributed by atoms with Gasteiger partial charge in [-0.3, -0.25) is 14.4 Å². The van der Waals surface area contributed by atoms with Gasteiger partial charge in [0, 0.05) is 26.1 Å². The lowest BCUT2D eigenvalue weighted by Crippen LogP contribution is -2.59. The lowest BCUT2D eigenvalue weighted by atomic mass is 9.99. The molecule has 0 saturated carbocycles. The fraction of sp³-hybridized carbons (Fsp3) is 0.706. The Morgan fingerprint density at radius 1 is 0.704 bits per heavy atom. The van der Waals surface area contributed by atoms with Crippen molar-refractivity contribution in [3.05, 3.63) is 35.9 Å². The fourth-order valence-electron chi connectivity index (χ4n) is 5.48. The first-order valence-corrected chi connectivity index (χ1v) is 17.8. The third-order valence-corrected chi connectivity index (χ3v) is 8.64. The van der Waals surface area contributed by atoms with E-state index in [1.807, 2.05) is 30.3 Å². The Balaban J connectivity index is 1.43. The van der Waals surface area contributed by atoms with Crippen LogP contribution in [-0.2, 0) is 44.7 Å². The molecule has 0 bridgehead atoms. The zero-order chi connectivity index (χ0) is 39.6. The van der Waals surface area contributed by atoms with Crippen LogP contribution in [0.2, 0.25) is 0 Å². The minimum absolute atomic E-state index is 0.00832. The molecular weight excluding hydrogens is 720 g/mol. The fourth-order valence-corrected chi connectivity index (χ4v) is 5.48. The molecule has 4 amide bonds. The van der Waals surface area contributed by atoms with E-state index < -0.39 is 105 Å². The summed E-state index contributed by atoms with van der Waals surface area (Å²) in [6.45, 7) is -0.279. The lowest BCUT2D eigenvalue weighted by molar-refractivity contribution is -0.300. The summed E-state index contributed by atoms with van der Waals surface area (Å²) in [5.74, 6) is -1.77. The number of ether oxygens (including phenoxy) is 5. The van der Waals surface area contributed by atoms with E-state index >= 15 is 0 Å². The average Bonchev–Trinajstić information content (AvgIpc) is 3.16. The van der Waals surface area contributed by atoms with Gasteiger partial charge >= 0.3 is 6.09 Å². The zero-order valence-electron chi connectivity index (χ0n) is 30.1. The minimum atomic E-state index is -1.64. The number of amides is 4. The van der Waals surface area contributed by atoms with Crippen molar-refractivity contribution in [3.8, 4) is 0 Å². The van der Waals surface area contributed by atoms with Gasteiger partial charge in [-0.1, -0.05) is 36.8 Å². The van der Waals surface area contributed by atoms with Crippen LogP contribution in [0.15, 0.2) is 30.3 Å². The number of alkyl carbamates (subject to hydrolysis) is 1. The maximum absolute atomic E-state index is 13.2. The summed E-state index contributed by atoms with van der Waals surface area (Å²) in [5, 5.41) is 76.8. The summed E-state index contributed by atoms with van der Waals surface area (Å²) in [7, 11) is 0. The second-order valence-corrected chi connectivity index (χ2v) is 12.9. The third-order valence-electron chi connectivity index (χ3n) is 8.64. The van der Waals surface area contributed by atoms with E-state index in [0.29, 0.717) is 25.8 Å². The molecule has 1 aromatic rings. The number of hydrogen-bond acceptors (Lipinski definition) is 16. The van der Waals surface area contributed by atoms with Crippen LogP contribution >= 0.6 is 0 Å². The van der Waals surface area contributed by atoms with Gasteiger partial charge in [-0.05, 0) is 25.3 Å². The monoisotopic (exact) mass is 774 g/mol. The molecule has 2 aliphatic rings. The highest BCUT2D eigenvalue weighted by molar-refractivity contribution is 5.89. The number of aliphatic hydroxyl groups is 7. The molecule has 54 heavy (non-hydrogen) atoms. The van der Waals surface area contributed by atoms with Gasteiger partial charge in [0.15, 0.2) is 12.6 Å². The van der Waals surface area contributed by atoms with E-state index in [0.717, 1.165) is 10.5 Å². The van der Waals surface area contributed by atoms with Gasteiger partial charge in [0.05, 0.1) is 25.9 Å². The number of hydrogen-bond donors (Lipinski definition) is 10. The Labute approximate surface area is 312 Å². The summed E-state index contributed by atoms with van der Waals surface area (Å²) < 4.78 is 26.5. The normalized spacial score (nSPS) is 28.1. The molecular formula is C34H54N4O16. The summed E-state index contributed by atoms with van der Waals surface area (Å²) in [4.78, 5) is 51.7. The molecule has 10 atom stereocenters. The van der Waals surface area contributed by atoms with Crippen molar-refractivity contribution in [2.75, 3.05) is 52.5 Å². The van der Waals surface area contributed by atoms with E-state index in [1.54, 1.807) is 0 Å². The van der Waals surface area contributed by atoms with Crippen LogP contribution in [0.25, 0.3) is 0 Å². The number of carbonyl (C=O) groups excluding carboxylic acids is 4. The highest BCUT2D eigenvalue weighted by atomic mass is 16.7. The first-order chi connectivity index (χ1) is 25.8. The van der Waals surface area contributed by atoms with Gasteiger partial charge in [-0.25, -0.2) is 4.79 Å². The largest absolute Gasteiger partial charge is 0.445 e. The van der Waals surface area contributed by atoms with Gasteiger partial charge in [0.25, 0.3) is 0 Å². The smallest absolute Gasteiger partial charge is 0.407 e. The Bertz CT molecular complexity index is 1300. The molecule has 0 spiro atoms.